The summed E-state index contributed by atoms with van der Waals surface area (Å²) in [6.45, 7) is 13.3. The molecule has 116 heavy (non-hydrogen) atoms. The van der Waals surface area contributed by atoms with Gasteiger partial charge in [-0.25, -0.2) is 9.59 Å². The lowest BCUT2D eigenvalue weighted by molar-refractivity contribution is -0.185. The van der Waals surface area contributed by atoms with Crippen molar-refractivity contribution in [3.8, 4) is 74.7 Å². The number of hydrogen-bond acceptors (Lipinski definition) is 29. The second kappa shape index (κ2) is 28.7. The van der Waals surface area contributed by atoms with Gasteiger partial charge in [0.15, 0.2) is 68.6 Å². The first kappa shape index (κ1) is 76.6. The quantitative estimate of drug-likeness (QED) is 0.0495. The number of methoxy groups -OCH3 is 4. The van der Waals surface area contributed by atoms with Crippen LogP contribution < -0.4 is 58.0 Å². The molecule has 3 fully saturated rings. The summed E-state index contributed by atoms with van der Waals surface area (Å²) in [6, 6.07) is 14.0. The smallest absolute Gasteiger partial charge is 0.331 e. The van der Waals surface area contributed by atoms with Gasteiger partial charge in [0, 0.05) is 127 Å². The van der Waals surface area contributed by atoms with Gasteiger partial charge in [0.05, 0.1) is 76.3 Å². The summed E-state index contributed by atoms with van der Waals surface area (Å²) >= 11 is 2.94. The maximum absolute atomic E-state index is 15.5. The van der Waals surface area contributed by atoms with E-state index in [2.05, 4.69) is 67.5 Å². The number of nitrogens with zero attached hydrogens (tertiary/aromatic N) is 4. The third-order valence-electron chi connectivity index (χ3n) is 26.7. The van der Waals surface area contributed by atoms with E-state index >= 15 is 9.59 Å². The summed E-state index contributed by atoms with van der Waals surface area (Å²) in [5, 5.41) is 69.4. The Morgan fingerprint density at radius 3 is 1.36 bits per heavy atom. The third kappa shape index (κ3) is 11.3. The molecule has 29 heteroatoms. The van der Waals surface area contributed by atoms with Crippen molar-refractivity contribution >= 4 is 47.4 Å². The number of aryl methyl sites for hydroxylation is 2. The van der Waals surface area contributed by atoms with Crippen LogP contribution in [0.25, 0.3) is 0 Å². The molecule has 7 aromatic rings. The normalized spacial score (nSPS) is 28.6. The molecule has 14 atom stereocenters. The molecular weight excluding hydrogens is 1530 g/mol. The largest absolute Gasteiger partial charge is 0.504 e. The zero-order chi connectivity index (χ0) is 80.7. The Labute approximate surface area is 678 Å². The molecule has 610 valence electrons. The number of aliphatic hydroxyl groups excluding tert-OH is 2. The van der Waals surface area contributed by atoms with Crippen LogP contribution >= 0.6 is 23.5 Å². The molecule has 20 rings (SSSR count). The van der Waals surface area contributed by atoms with Crippen LogP contribution in [0.3, 0.4) is 0 Å². The van der Waals surface area contributed by atoms with E-state index in [9.17, 15) is 35.1 Å². The first-order chi connectivity index (χ1) is 55.9. The minimum Gasteiger partial charge on any atom is -0.504 e. The number of cyclic esters (lactones) is 1. The number of phenolic OH excluding ortho intramolecular Hbond substituents is 3. The molecule has 27 nitrogen and oxygen atoms in total. The second-order valence-corrected chi connectivity index (χ2v) is 34.9. The highest BCUT2D eigenvalue weighted by atomic mass is 32.2. The van der Waals surface area contributed by atoms with Crippen LogP contribution in [-0.2, 0) is 78.5 Å². The van der Waals surface area contributed by atoms with Crippen molar-refractivity contribution in [2.24, 2.45) is 0 Å². The lowest BCUT2D eigenvalue weighted by atomic mass is 9.71. The van der Waals surface area contributed by atoms with E-state index in [0.717, 1.165) is 55.8 Å². The molecule has 2 spiro atoms. The number of ether oxygens (including phenoxy) is 12. The van der Waals surface area contributed by atoms with E-state index in [4.69, 9.17) is 56.8 Å². The van der Waals surface area contributed by atoms with E-state index in [-0.39, 0.29) is 92.2 Å². The highest BCUT2D eigenvalue weighted by Crippen LogP contribution is 2.68. The van der Waals surface area contributed by atoms with Gasteiger partial charge in [0.2, 0.25) is 13.6 Å². The minimum absolute atomic E-state index is 0.0238. The van der Waals surface area contributed by atoms with Gasteiger partial charge in [-0.1, -0.05) is 36.4 Å². The SMILES string of the molecule is COc1cc2c(cc1O)CCN[C@]21CSC2c3c(OC(C)=O)c(C)c4c(c3C(CCOC1=O)N1C(O)C3Cc5cc(C)c(OC)c(C)c5C(C21)N3Cc1ccc(CN2C3Cc5cc(C)c(OC)c(O)c5C2C2C5SC[C@]6(NCCc7cc(O)c(OC)cc76)C(=O)OCCC(c6c7c(c(C)c(OC(C)=O)c65)OCO7)N2C3O)cc1)OCO4. The van der Waals surface area contributed by atoms with E-state index in [1.165, 1.54) is 58.7 Å². The lowest BCUT2D eigenvalue weighted by Crippen LogP contribution is -2.69. The molecule has 0 saturated carbocycles. The Hall–Kier alpha value is -9.40. The fourth-order valence-corrected chi connectivity index (χ4v) is 25.5. The van der Waals surface area contributed by atoms with Crippen molar-refractivity contribution in [1.29, 1.82) is 0 Å². The number of aromatic hydroxyl groups is 3. The Morgan fingerprint density at radius 1 is 0.509 bits per heavy atom. The van der Waals surface area contributed by atoms with Gasteiger partial charge in [-0.3, -0.25) is 39.8 Å². The molecule has 8 bridgehead atoms. The maximum Gasteiger partial charge on any atom is 0.331 e. The fourth-order valence-electron chi connectivity index (χ4n) is 22.1. The van der Waals surface area contributed by atoms with Crippen LogP contribution in [0.4, 0.5) is 0 Å². The molecule has 0 aromatic heterocycles. The molecular formula is C87H94N6O21S2. The number of carbonyl (C=O) groups excluding carboxylic acids is 4. The Bertz CT molecular complexity index is 5000. The number of nitrogens with one attached hydrogen (secondary N) is 2. The predicted octanol–water partition coefficient (Wildman–Crippen LogP) is 9.66. The number of fused-ring (bicyclic) bond motifs is 21. The molecule has 3 saturated heterocycles. The first-order valence-electron chi connectivity index (χ1n) is 39.7. The topological polar surface area (TPSA) is 317 Å². The maximum atomic E-state index is 15.5. The molecule has 12 unspecified atom stereocenters. The summed E-state index contributed by atoms with van der Waals surface area (Å²) in [4.78, 5) is 67.5. The molecule has 13 aliphatic heterocycles. The average molecular weight is 1620 g/mol. The van der Waals surface area contributed by atoms with Crippen LogP contribution in [0, 0.1) is 34.6 Å². The van der Waals surface area contributed by atoms with E-state index in [1.54, 1.807) is 31.4 Å². The van der Waals surface area contributed by atoms with Crippen LogP contribution in [0.2, 0.25) is 0 Å². The molecule has 7 N–H and O–H groups in total. The van der Waals surface area contributed by atoms with Crippen molar-refractivity contribution in [2.75, 3.05) is 79.8 Å². The summed E-state index contributed by atoms with van der Waals surface area (Å²) in [5.74, 6) is 1.45. The van der Waals surface area contributed by atoms with Crippen molar-refractivity contribution < 1.29 is 102 Å². The second-order valence-electron chi connectivity index (χ2n) is 32.6. The minimum atomic E-state index is -1.53. The zero-order valence-electron chi connectivity index (χ0n) is 66.4. The third-order valence-corrected chi connectivity index (χ3v) is 29.7. The fraction of sp³-hybridized carbons (Fsp3) is 0.471. The van der Waals surface area contributed by atoms with Crippen molar-refractivity contribution in [3.63, 3.8) is 0 Å². The van der Waals surface area contributed by atoms with Gasteiger partial charge in [0.1, 0.15) is 29.7 Å². The van der Waals surface area contributed by atoms with E-state index < -0.39 is 106 Å². The monoisotopic (exact) mass is 1620 g/mol. The summed E-state index contributed by atoms with van der Waals surface area (Å²) in [7, 11) is 6.15. The van der Waals surface area contributed by atoms with E-state index in [0.29, 0.717) is 135 Å². The zero-order valence-corrected chi connectivity index (χ0v) is 68.0. The van der Waals surface area contributed by atoms with E-state index in [1.807, 2.05) is 33.8 Å². The van der Waals surface area contributed by atoms with Crippen molar-refractivity contribution in [2.45, 2.75) is 182 Å². The van der Waals surface area contributed by atoms with Crippen LogP contribution in [0.5, 0.6) is 74.7 Å². The number of benzene rings is 7. The van der Waals surface area contributed by atoms with Gasteiger partial charge in [-0.05, 0) is 151 Å². The average Bonchev–Trinajstić information content (AvgIpc) is 0.978. The van der Waals surface area contributed by atoms with Crippen molar-refractivity contribution in [3.05, 3.63) is 166 Å². The van der Waals surface area contributed by atoms with Gasteiger partial charge >= 0.3 is 23.9 Å². The van der Waals surface area contributed by atoms with Gasteiger partial charge in [-0.15, -0.1) is 23.5 Å². The van der Waals surface area contributed by atoms with Gasteiger partial charge in [-0.2, -0.15) is 0 Å². The summed E-state index contributed by atoms with van der Waals surface area (Å²) < 4.78 is 75.5. The molecule has 13 heterocycles. The summed E-state index contributed by atoms with van der Waals surface area (Å²) in [6.07, 6.45) is -0.362. The standard InChI is InChI=1S/C87H94N6O21S2/c1-38-24-49-26-55-82(99)92-53-18-22-107-84(101)86(51-30-59(103-8)57(96)28-47(51)16-20-88-86)34-115-80(65-63(53)78-76(109-36-111-78)41(4)74(65)113-43(6)94)69(92)67(61(49)40(3)72(38)105-10)90(55)32-45-12-14-46(15-13-45)33-91-56-27-50-25-39(2)73(106-11)71(98)62(50)68(91)70-81-66-64(79-77(110-37-112-79)42(5)75(66)114-44(7)95)54(93(70)83(56)100)19-23-108-85(102)87(35-116-81)52-31-60(104-9)58(97)29-48(52)17-21-89-87/h12-15,24-25,28-31,53-56,67-70,80-83,88-89,96-100H,16-23,26-27,32-37H2,1-11H3/t53?,54?,55?,56?,67?,68?,69?,70?,80?,81?,82?,83?,86-,87-/m1/s1. The van der Waals surface area contributed by atoms with Gasteiger partial charge in [0.25, 0.3) is 0 Å². The molecule has 7 aromatic carbocycles. The van der Waals surface area contributed by atoms with Crippen LogP contribution in [0.15, 0.2) is 60.7 Å². The number of carbonyl (C=O) groups is 4. The Morgan fingerprint density at radius 2 is 0.931 bits per heavy atom. The lowest BCUT2D eigenvalue weighted by Gasteiger charge is -2.63. The number of phenols is 3. The van der Waals surface area contributed by atoms with Gasteiger partial charge < -0.3 is 82.4 Å². The number of rotatable bonds is 10. The van der Waals surface area contributed by atoms with Crippen molar-refractivity contribution in [1.82, 2.24) is 30.2 Å². The Balaban J connectivity index is 0.748. The number of esters is 4. The number of thioether (sulfide) groups is 2. The molecule has 0 aliphatic carbocycles. The van der Waals surface area contributed by atoms with Crippen LogP contribution in [0.1, 0.15) is 167 Å². The first-order valence-corrected chi connectivity index (χ1v) is 41.8. The Kier molecular flexibility index (Phi) is 19.0. The predicted molar refractivity (Wildman–Crippen MR) is 423 cm³/mol. The highest BCUT2D eigenvalue weighted by Gasteiger charge is 2.65. The van der Waals surface area contributed by atoms with Crippen LogP contribution in [-0.4, -0.2) is 185 Å². The highest BCUT2D eigenvalue weighted by molar-refractivity contribution is 7.99. The molecule has 0 amide bonds. The number of hydrogen-bond donors (Lipinski definition) is 7. The summed E-state index contributed by atoms with van der Waals surface area (Å²) in [5.41, 5.74) is 11.3. The molecule has 13 aliphatic rings. The molecule has 0 radical (unpaired) electrons. The number of piperazine rings is 2. The number of aliphatic hydroxyl groups is 2.